The molecule has 0 saturated carbocycles. The number of sulfonamides is 1. The summed E-state index contributed by atoms with van der Waals surface area (Å²) in [6, 6.07) is 12.2. The van der Waals surface area contributed by atoms with Gasteiger partial charge in [-0.3, -0.25) is 18.6 Å². The number of benzene rings is 2. The molecule has 0 unspecified atom stereocenters. The zero-order chi connectivity index (χ0) is 22.9. The molecule has 31 heavy (non-hydrogen) atoms. The van der Waals surface area contributed by atoms with Crippen molar-refractivity contribution in [3.8, 4) is 5.69 Å². The molecule has 1 heterocycles. The first kappa shape index (κ1) is 22.6. The lowest BCUT2D eigenvalue weighted by atomic mass is 10.3. The fourth-order valence-electron chi connectivity index (χ4n) is 3.06. The molecule has 1 amide bonds. The van der Waals surface area contributed by atoms with E-state index >= 15 is 0 Å². The second-order valence-corrected chi connectivity index (χ2v) is 9.17. The van der Waals surface area contributed by atoms with Crippen LogP contribution in [0.3, 0.4) is 0 Å². The van der Waals surface area contributed by atoms with Gasteiger partial charge < -0.3 is 5.32 Å². The van der Waals surface area contributed by atoms with Gasteiger partial charge in [0.05, 0.1) is 28.3 Å². The van der Waals surface area contributed by atoms with E-state index in [0.29, 0.717) is 11.4 Å². The number of carbonyl (C=O) groups is 1. The van der Waals surface area contributed by atoms with Gasteiger partial charge in [0.15, 0.2) is 0 Å². The van der Waals surface area contributed by atoms with Gasteiger partial charge in [0.2, 0.25) is 15.9 Å². The lowest BCUT2D eigenvalue weighted by Crippen LogP contribution is -2.38. The molecule has 0 spiro atoms. The zero-order valence-electron chi connectivity index (χ0n) is 17.0. The van der Waals surface area contributed by atoms with E-state index in [2.05, 4.69) is 5.32 Å². The highest BCUT2D eigenvalue weighted by Gasteiger charge is 2.24. The lowest BCUT2D eigenvalue weighted by molar-refractivity contribution is -0.114. The van der Waals surface area contributed by atoms with E-state index in [4.69, 9.17) is 11.6 Å². The SMILES string of the molecule is Cc1c(NC(=O)CN(c2ccc(F)c(Cl)c2)S(C)(=O)=O)c(=O)n(-c2ccccc2)n1C. The van der Waals surface area contributed by atoms with Crippen molar-refractivity contribution in [3.63, 3.8) is 0 Å². The number of amides is 1. The highest BCUT2D eigenvalue weighted by Crippen LogP contribution is 2.24. The Morgan fingerprint density at radius 2 is 1.84 bits per heavy atom. The minimum atomic E-state index is -3.90. The molecule has 164 valence electrons. The summed E-state index contributed by atoms with van der Waals surface area (Å²) in [5, 5.41) is 2.22. The number of carbonyl (C=O) groups excluding carboxylic acids is 1. The summed E-state index contributed by atoms with van der Waals surface area (Å²) in [4.78, 5) is 25.6. The predicted octanol–water partition coefficient (Wildman–Crippen LogP) is 2.68. The molecule has 3 rings (SSSR count). The summed E-state index contributed by atoms with van der Waals surface area (Å²) in [6.07, 6.45) is 0.910. The second-order valence-electron chi connectivity index (χ2n) is 6.85. The molecule has 8 nitrogen and oxygen atoms in total. The maximum atomic E-state index is 13.5. The first-order valence-corrected chi connectivity index (χ1v) is 11.3. The quantitative estimate of drug-likeness (QED) is 0.604. The van der Waals surface area contributed by atoms with Gasteiger partial charge >= 0.3 is 0 Å². The number of halogens is 2. The number of nitrogens with one attached hydrogen (secondary N) is 1. The van der Waals surface area contributed by atoms with Crippen LogP contribution in [0.2, 0.25) is 5.02 Å². The van der Waals surface area contributed by atoms with Crippen LogP contribution < -0.4 is 15.2 Å². The third-order valence-corrected chi connectivity index (χ3v) is 6.13. The number of rotatable bonds is 6. The Morgan fingerprint density at radius 3 is 2.42 bits per heavy atom. The molecule has 0 fully saturated rings. The third-order valence-electron chi connectivity index (χ3n) is 4.70. The molecular weight excluding hydrogens is 447 g/mol. The average molecular weight is 467 g/mol. The van der Waals surface area contributed by atoms with Gasteiger partial charge in [-0.15, -0.1) is 0 Å². The molecule has 1 N–H and O–H groups in total. The van der Waals surface area contributed by atoms with Crippen LogP contribution in [0.25, 0.3) is 5.69 Å². The number of anilines is 2. The van der Waals surface area contributed by atoms with E-state index in [1.165, 1.54) is 10.7 Å². The molecule has 0 aliphatic rings. The summed E-state index contributed by atoms with van der Waals surface area (Å²) in [6.45, 7) is 1.03. The highest BCUT2D eigenvalue weighted by atomic mass is 35.5. The fraction of sp³-hybridized carbons (Fsp3) is 0.200. The minimum Gasteiger partial charge on any atom is -0.318 e. The standard InChI is InChI=1S/C20H20ClFN4O4S/c1-13-19(20(28)26(24(13)2)14-7-5-4-6-8-14)23-18(27)12-25(31(3,29)30)15-9-10-17(22)16(21)11-15/h4-11H,12H2,1-3H3,(H,23,27). The van der Waals surface area contributed by atoms with Crippen molar-refractivity contribution < 1.29 is 17.6 Å². The monoisotopic (exact) mass is 466 g/mol. The molecule has 0 aliphatic heterocycles. The van der Waals surface area contributed by atoms with Crippen LogP contribution in [-0.4, -0.2) is 36.5 Å². The van der Waals surface area contributed by atoms with E-state index < -0.39 is 33.9 Å². The normalized spacial score (nSPS) is 11.4. The predicted molar refractivity (Wildman–Crippen MR) is 118 cm³/mol. The molecule has 0 saturated heterocycles. The number of aromatic nitrogens is 2. The Morgan fingerprint density at radius 1 is 1.19 bits per heavy atom. The highest BCUT2D eigenvalue weighted by molar-refractivity contribution is 7.92. The van der Waals surface area contributed by atoms with Crippen molar-refractivity contribution in [1.29, 1.82) is 0 Å². The van der Waals surface area contributed by atoms with Crippen LogP contribution >= 0.6 is 11.6 Å². The van der Waals surface area contributed by atoms with Crippen LogP contribution in [0.5, 0.6) is 0 Å². The van der Waals surface area contributed by atoms with E-state index in [0.717, 1.165) is 22.7 Å². The van der Waals surface area contributed by atoms with Crippen LogP contribution in [0.1, 0.15) is 5.69 Å². The van der Waals surface area contributed by atoms with Gasteiger partial charge in [0.25, 0.3) is 5.56 Å². The zero-order valence-corrected chi connectivity index (χ0v) is 18.5. The van der Waals surface area contributed by atoms with Crippen molar-refractivity contribution in [2.24, 2.45) is 7.05 Å². The fourth-order valence-corrected chi connectivity index (χ4v) is 4.08. The van der Waals surface area contributed by atoms with Crippen LogP contribution in [0.15, 0.2) is 53.3 Å². The summed E-state index contributed by atoms with van der Waals surface area (Å²) >= 11 is 5.75. The number of hydrogen-bond donors (Lipinski definition) is 1. The molecule has 1 aromatic heterocycles. The topological polar surface area (TPSA) is 93.4 Å². The first-order chi connectivity index (χ1) is 14.5. The van der Waals surface area contributed by atoms with E-state index in [-0.39, 0.29) is 16.4 Å². The molecule has 3 aromatic rings. The average Bonchev–Trinajstić information content (AvgIpc) is 2.91. The maximum Gasteiger partial charge on any atom is 0.295 e. The molecular formula is C20H20ClFN4O4S. The van der Waals surface area contributed by atoms with Crippen LogP contribution in [-0.2, 0) is 21.9 Å². The number of hydrogen-bond acceptors (Lipinski definition) is 4. The van der Waals surface area contributed by atoms with Gasteiger partial charge in [-0.1, -0.05) is 29.8 Å². The molecule has 11 heteroatoms. The Labute approximate surface area is 183 Å². The largest absolute Gasteiger partial charge is 0.318 e. The van der Waals surface area contributed by atoms with Gasteiger partial charge in [0.1, 0.15) is 18.0 Å². The summed E-state index contributed by atoms with van der Waals surface area (Å²) in [5.74, 6) is -1.46. The van der Waals surface area contributed by atoms with Crippen LogP contribution in [0, 0.1) is 12.7 Å². The summed E-state index contributed by atoms with van der Waals surface area (Å²) in [5.41, 5.74) is 0.683. The number of para-hydroxylation sites is 1. The molecule has 0 atom stereocenters. The van der Waals surface area contributed by atoms with Gasteiger partial charge in [-0.25, -0.2) is 17.5 Å². The van der Waals surface area contributed by atoms with Crippen molar-refractivity contribution >= 4 is 38.9 Å². The second kappa shape index (κ2) is 8.56. The van der Waals surface area contributed by atoms with E-state index in [1.54, 1.807) is 42.9 Å². The smallest absolute Gasteiger partial charge is 0.295 e. The molecule has 2 aromatic carbocycles. The Hall–Kier alpha value is -3.11. The third kappa shape index (κ3) is 4.64. The van der Waals surface area contributed by atoms with Gasteiger partial charge in [-0.05, 0) is 37.3 Å². The van der Waals surface area contributed by atoms with Crippen molar-refractivity contribution in [1.82, 2.24) is 9.36 Å². The summed E-state index contributed by atoms with van der Waals surface area (Å²) in [7, 11) is -2.23. The Kier molecular flexibility index (Phi) is 6.23. The first-order valence-electron chi connectivity index (χ1n) is 9.07. The Balaban J connectivity index is 1.92. The van der Waals surface area contributed by atoms with Gasteiger partial charge in [0, 0.05) is 7.05 Å². The van der Waals surface area contributed by atoms with Gasteiger partial charge in [-0.2, -0.15) is 0 Å². The number of nitrogens with zero attached hydrogens (tertiary/aromatic N) is 3. The lowest BCUT2D eigenvalue weighted by Gasteiger charge is -2.22. The molecule has 0 radical (unpaired) electrons. The van der Waals surface area contributed by atoms with Crippen molar-refractivity contribution in [2.45, 2.75) is 6.92 Å². The molecule has 0 bridgehead atoms. The van der Waals surface area contributed by atoms with E-state index in [1.807, 2.05) is 6.07 Å². The Bertz CT molecular complexity index is 1300. The minimum absolute atomic E-state index is 0.0236. The molecule has 0 aliphatic carbocycles. The van der Waals surface area contributed by atoms with E-state index in [9.17, 15) is 22.4 Å². The van der Waals surface area contributed by atoms with Crippen molar-refractivity contribution in [2.75, 3.05) is 22.4 Å². The van der Waals surface area contributed by atoms with Crippen LogP contribution in [0.4, 0.5) is 15.8 Å². The van der Waals surface area contributed by atoms with Crippen molar-refractivity contribution in [3.05, 3.63) is 75.4 Å². The maximum absolute atomic E-state index is 13.5. The summed E-state index contributed by atoms with van der Waals surface area (Å²) < 4.78 is 41.7.